The zero-order chi connectivity index (χ0) is 26.2. The minimum atomic E-state index is -0.117. The minimum absolute atomic E-state index is 0.117. The highest BCUT2D eigenvalue weighted by molar-refractivity contribution is 7.99. The maximum absolute atomic E-state index is 6.58. The van der Waals surface area contributed by atoms with Crippen LogP contribution in [-0.4, -0.2) is 34.0 Å². The van der Waals surface area contributed by atoms with Gasteiger partial charge in [0.05, 0.1) is 41.8 Å². The molecule has 5 aromatic rings. The molecule has 0 aliphatic carbocycles. The van der Waals surface area contributed by atoms with Gasteiger partial charge in [-0.2, -0.15) is 5.10 Å². The van der Waals surface area contributed by atoms with Gasteiger partial charge in [0.15, 0.2) is 11.5 Å². The molecule has 0 unspecified atom stereocenters. The molecule has 0 N–H and O–H groups in total. The van der Waals surface area contributed by atoms with Crippen LogP contribution in [0.15, 0.2) is 83.0 Å². The van der Waals surface area contributed by atoms with Gasteiger partial charge in [-0.25, -0.2) is 14.6 Å². The number of methoxy groups -OCH3 is 2. The number of hydrogen-bond donors (Lipinski definition) is 0. The van der Waals surface area contributed by atoms with Crippen molar-refractivity contribution in [2.45, 2.75) is 36.1 Å². The van der Waals surface area contributed by atoms with E-state index in [4.69, 9.17) is 26.2 Å². The van der Waals surface area contributed by atoms with Crippen LogP contribution in [0.25, 0.3) is 27.8 Å². The average molecular weight is 531 g/mol. The van der Waals surface area contributed by atoms with E-state index in [0.29, 0.717) is 16.5 Å². The van der Waals surface area contributed by atoms with Gasteiger partial charge >= 0.3 is 0 Å². The molecule has 188 valence electrons. The fourth-order valence-electron chi connectivity index (χ4n) is 4.03. The zero-order valence-corrected chi connectivity index (χ0v) is 22.9. The lowest BCUT2D eigenvalue weighted by Crippen LogP contribution is -2.12. The molecule has 0 aliphatic rings. The molecule has 0 bridgehead atoms. The zero-order valence-electron chi connectivity index (χ0n) is 21.3. The van der Waals surface area contributed by atoms with Crippen LogP contribution in [0.4, 0.5) is 0 Å². The van der Waals surface area contributed by atoms with Gasteiger partial charge < -0.3 is 9.47 Å². The fraction of sp³-hybridized carbons (Fsp3) is 0.207. The third-order valence-electron chi connectivity index (χ3n) is 6.01. The standard InChI is InChI=1S/C29H27ClN4O2S/c1-29(2,3)27-16-24(34(33-27)23-12-7-6-11-21(23)30)18-9-8-10-19(13-18)37-28-20-14-25(35-4)26(36-5)15-22(20)31-17-32-28/h6-17H,1-5H3. The monoisotopic (exact) mass is 530 g/mol. The first kappa shape index (κ1) is 25.1. The Morgan fingerprint density at radius 3 is 2.35 bits per heavy atom. The molecule has 5 rings (SSSR count). The number of hydrogen-bond acceptors (Lipinski definition) is 6. The van der Waals surface area contributed by atoms with E-state index in [9.17, 15) is 0 Å². The van der Waals surface area contributed by atoms with Crippen molar-refractivity contribution in [1.29, 1.82) is 0 Å². The van der Waals surface area contributed by atoms with Crippen molar-refractivity contribution < 1.29 is 9.47 Å². The Bertz CT molecular complexity index is 1590. The van der Waals surface area contributed by atoms with Gasteiger partial charge in [-0.1, -0.05) is 68.4 Å². The fourth-order valence-corrected chi connectivity index (χ4v) is 5.18. The lowest BCUT2D eigenvalue weighted by atomic mass is 9.92. The summed E-state index contributed by atoms with van der Waals surface area (Å²) in [4.78, 5) is 10.0. The number of ether oxygens (including phenoxy) is 2. The Hall–Kier alpha value is -3.55. The van der Waals surface area contributed by atoms with Crippen molar-refractivity contribution in [2.75, 3.05) is 14.2 Å². The summed E-state index contributed by atoms with van der Waals surface area (Å²) < 4.78 is 12.9. The third-order valence-corrected chi connectivity index (χ3v) is 7.33. The molecule has 0 atom stereocenters. The first-order valence-corrected chi connectivity index (χ1v) is 13.0. The van der Waals surface area contributed by atoms with E-state index in [1.807, 2.05) is 47.1 Å². The summed E-state index contributed by atoms with van der Waals surface area (Å²) in [6.07, 6.45) is 1.57. The molecule has 0 saturated carbocycles. The van der Waals surface area contributed by atoms with Gasteiger partial charge in [-0.15, -0.1) is 0 Å². The summed E-state index contributed by atoms with van der Waals surface area (Å²) in [7, 11) is 3.24. The first-order chi connectivity index (χ1) is 17.8. The van der Waals surface area contributed by atoms with Crippen LogP contribution in [0.5, 0.6) is 11.5 Å². The summed E-state index contributed by atoms with van der Waals surface area (Å²) in [5.41, 5.74) is 4.51. The number of aromatic nitrogens is 4. The van der Waals surface area contributed by atoms with Crippen molar-refractivity contribution in [3.8, 4) is 28.4 Å². The van der Waals surface area contributed by atoms with E-state index in [2.05, 4.69) is 55.0 Å². The second-order valence-electron chi connectivity index (χ2n) is 9.56. The lowest BCUT2D eigenvalue weighted by molar-refractivity contribution is 0.355. The quantitative estimate of drug-likeness (QED) is 0.211. The highest BCUT2D eigenvalue weighted by atomic mass is 35.5. The van der Waals surface area contributed by atoms with Crippen LogP contribution in [0.2, 0.25) is 5.02 Å². The van der Waals surface area contributed by atoms with Crippen molar-refractivity contribution in [1.82, 2.24) is 19.7 Å². The Labute approximate surface area is 225 Å². The molecule has 0 fully saturated rings. The highest BCUT2D eigenvalue weighted by Gasteiger charge is 2.22. The Balaban J connectivity index is 1.59. The molecule has 0 amide bonds. The number of rotatable bonds is 6. The van der Waals surface area contributed by atoms with Gasteiger partial charge in [-0.3, -0.25) is 0 Å². The van der Waals surface area contributed by atoms with Gasteiger partial charge in [0.1, 0.15) is 11.4 Å². The second kappa shape index (κ2) is 10.1. The number of nitrogens with zero attached hydrogens (tertiary/aromatic N) is 4. The molecule has 0 saturated heterocycles. The molecule has 0 aliphatic heterocycles. The van der Waals surface area contributed by atoms with Gasteiger partial charge in [0, 0.05) is 27.3 Å². The van der Waals surface area contributed by atoms with E-state index >= 15 is 0 Å². The summed E-state index contributed by atoms with van der Waals surface area (Å²) in [5, 5.41) is 7.33. The van der Waals surface area contributed by atoms with E-state index in [0.717, 1.165) is 43.5 Å². The molecule has 3 aromatic carbocycles. The highest BCUT2D eigenvalue weighted by Crippen LogP contribution is 2.39. The number of benzene rings is 3. The normalized spacial score (nSPS) is 11.6. The molecule has 0 spiro atoms. The van der Waals surface area contributed by atoms with Crippen molar-refractivity contribution in [2.24, 2.45) is 0 Å². The smallest absolute Gasteiger partial charge is 0.162 e. The Kier molecular flexibility index (Phi) is 6.84. The largest absolute Gasteiger partial charge is 0.493 e. The van der Waals surface area contributed by atoms with Gasteiger partial charge in [0.25, 0.3) is 0 Å². The molecule has 2 heterocycles. The summed E-state index contributed by atoms with van der Waals surface area (Å²) in [6, 6.07) is 22.1. The number of halogens is 1. The van der Waals surface area contributed by atoms with Crippen molar-refractivity contribution in [3.63, 3.8) is 0 Å². The predicted molar refractivity (Wildman–Crippen MR) is 149 cm³/mol. The van der Waals surface area contributed by atoms with Crippen LogP contribution in [0.1, 0.15) is 26.5 Å². The topological polar surface area (TPSA) is 62.1 Å². The summed E-state index contributed by atoms with van der Waals surface area (Å²) in [6.45, 7) is 6.48. The van der Waals surface area contributed by atoms with Crippen LogP contribution >= 0.6 is 23.4 Å². The van der Waals surface area contributed by atoms with E-state index in [-0.39, 0.29) is 5.41 Å². The first-order valence-electron chi connectivity index (χ1n) is 11.8. The molecule has 2 aromatic heterocycles. The molecular formula is C29H27ClN4O2S. The van der Waals surface area contributed by atoms with E-state index < -0.39 is 0 Å². The Morgan fingerprint density at radius 2 is 1.62 bits per heavy atom. The molecule has 37 heavy (non-hydrogen) atoms. The lowest BCUT2D eigenvalue weighted by Gasteiger charge is -2.14. The van der Waals surface area contributed by atoms with Gasteiger partial charge in [0.2, 0.25) is 0 Å². The molecule has 8 heteroatoms. The summed E-state index contributed by atoms with van der Waals surface area (Å²) in [5.74, 6) is 1.27. The second-order valence-corrected chi connectivity index (χ2v) is 11.0. The predicted octanol–water partition coefficient (Wildman–Crippen LogP) is 7.60. The minimum Gasteiger partial charge on any atom is -0.493 e. The van der Waals surface area contributed by atoms with Crippen LogP contribution in [0.3, 0.4) is 0 Å². The number of para-hydroxylation sites is 1. The van der Waals surface area contributed by atoms with Crippen molar-refractivity contribution >= 4 is 34.3 Å². The van der Waals surface area contributed by atoms with Crippen LogP contribution in [0, 0.1) is 0 Å². The van der Waals surface area contributed by atoms with Gasteiger partial charge in [-0.05, 0) is 36.4 Å². The average Bonchev–Trinajstić information content (AvgIpc) is 3.35. The SMILES string of the molecule is COc1cc2ncnc(Sc3cccc(-c4cc(C(C)(C)C)nn4-c4ccccc4Cl)c3)c2cc1OC. The maximum atomic E-state index is 6.58. The van der Waals surface area contributed by atoms with Crippen LogP contribution in [-0.2, 0) is 5.41 Å². The number of fused-ring (bicyclic) bond motifs is 1. The maximum Gasteiger partial charge on any atom is 0.162 e. The molecule has 6 nitrogen and oxygen atoms in total. The Morgan fingerprint density at radius 1 is 0.865 bits per heavy atom. The van der Waals surface area contributed by atoms with Crippen LogP contribution < -0.4 is 9.47 Å². The summed E-state index contributed by atoms with van der Waals surface area (Å²) >= 11 is 8.16. The van der Waals surface area contributed by atoms with Crippen molar-refractivity contribution in [3.05, 3.63) is 83.8 Å². The third kappa shape index (κ3) is 5.02. The molecular weight excluding hydrogens is 504 g/mol. The van der Waals surface area contributed by atoms with E-state index in [1.54, 1.807) is 32.3 Å². The molecule has 0 radical (unpaired) electrons. The van der Waals surface area contributed by atoms with E-state index in [1.165, 1.54) is 0 Å².